The van der Waals surface area contributed by atoms with Gasteiger partial charge >= 0.3 is 0 Å². The number of anilines is 1. The van der Waals surface area contributed by atoms with Gasteiger partial charge in [0, 0.05) is 25.4 Å². The summed E-state index contributed by atoms with van der Waals surface area (Å²) in [6.45, 7) is 11.1. The number of nitrogens with one attached hydrogen (secondary N) is 1. The molecule has 2 fully saturated rings. The van der Waals surface area contributed by atoms with Gasteiger partial charge in [-0.05, 0) is 81.7 Å². The molecule has 1 aromatic rings. The van der Waals surface area contributed by atoms with E-state index in [0.29, 0.717) is 19.1 Å². The van der Waals surface area contributed by atoms with E-state index in [4.69, 9.17) is 9.47 Å². The molecule has 0 aromatic heterocycles. The second-order valence-electron chi connectivity index (χ2n) is 9.00. The van der Waals surface area contributed by atoms with E-state index in [1.165, 1.54) is 32.4 Å². The number of hydrogen-bond acceptors (Lipinski definition) is 4. The molecular weight excluding hydrogens is 364 g/mol. The largest absolute Gasteiger partial charge is 0.492 e. The summed E-state index contributed by atoms with van der Waals surface area (Å²) < 4.78 is 11.9. The number of benzene rings is 1. The Balaban J connectivity index is 1.49. The molecule has 3 rings (SSSR count). The number of carbonyl (C=O) groups excluding carboxylic acids is 1. The third kappa shape index (κ3) is 6.19. The van der Waals surface area contributed by atoms with E-state index in [1.54, 1.807) is 0 Å². The van der Waals surface area contributed by atoms with Gasteiger partial charge in [-0.25, -0.2) is 0 Å². The number of hydrogen-bond donors (Lipinski definition) is 1. The summed E-state index contributed by atoms with van der Waals surface area (Å²) in [7, 11) is 0. The molecule has 29 heavy (non-hydrogen) atoms. The van der Waals surface area contributed by atoms with Crippen molar-refractivity contribution in [2.45, 2.75) is 64.9 Å². The molecule has 5 heteroatoms. The summed E-state index contributed by atoms with van der Waals surface area (Å²) in [5.74, 6) is 2.14. The van der Waals surface area contributed by atoms with Crippen LogP contribution in [0.5, 0.6) is 5.75 Å². The van der Waals surface area contributed by atoms with Crippen molar-refractivity contribution < 1.29 is 14.3 Å². The Morgan fingerprint density at radius 1 is 1.17 bits per heavy atom. The Labute approximate surface area is 176 Å². The number of piperidine rings is 1. The maximum Gasteiger partial charge on any atom is 0.256 e. The first-order valence-corrected chi connectivity index (χ1v) is 11.4. The van der Waals surface area contributed by atoms with Crippen LogP contribution >= 0.6 is 0 Å². The molecule has 0 bridgehead atoms. The Morgan fingerprint density at radius 3 is 2.62 bits per heavy atom. The zero-order valence-electron chi connectivity index (χ0n) is 18.4. The molecule has 3 atom stereocenters. The average Bonchev–Trinajstić information content (AvgIpc) is 2.69. The van der Waals surface area contributed by atoms with Crippen LogP contribution in [-0.2, 0) is 9.53 Å². The standard InChI is InChI=1S/C24H38N2O3/c1-4-29-24(13-5-7-19(2)17-24)23(27)25-21-9-11-22(12-10-21)28-16-15-26-14-6-8-20(3)18-26/h9-12,19-20H,4-8,13-18H2,1-3H3,(H,25,27)/t19-,20-,24-/m1/s1. The Morgan fingerprint density at radius 2 is 1.93 bits per heavy atom. The molecule has 2 aliphatic rings. The summed E-state index contributed by atoms with van der Waals surface area (Å²) >= 11 is 0. The van der Waals surface area contributed by atoms with Gasteiger partial charge in [-0.2, -0.15) is 0 Å². The van der Waals surface area contributed by atoms with E-state index in [9.17, 15) is 4.79 Å². The highest BCUT2D eigenvalue weighted by atomic mass is 16.5. The predicted molar refractivity (Wildman–Crippen MR) is 117 cm³/mol. The smallest absolute Gasteiger partial charge is 0.256 e. The second kappa shape index (κ2) is 10.4. The quantitative estimate of drug-likeness (QED) is 0.683. The summed E-state index contributed by atoms with van der Waals surface area (Å²) in [4.78, 5) is 15.5. The van der Waals surface area contributed by atoms with Crippen LogP contribution in [0.3, 0.4) is 0 Å². The fourth-order valence-corrected chi connectivity index (χ4v) is 4.84. The first-order valence-electron chi connectivity index (χ1n) is 11.4. The molecule has 1 amide bonds. The molecule has 0 unspecified atom stereocenters. The molecule has 1 saturated carbocycles. The highest BCUT2D eigenvalue weighted by molar-refractivity contribution is 5.97. The number of carbonyl (C=O) groups is 1. The summed E-state index contributed by atoms with van der Waals surface area (Å²) in [6.07, 6.45) is 6.43. The number of rotatable bonds is 8. The molecule has 0 radical (unpaired) electrons. The molecular formula is C24H38N2O3. The maximum atomic E-state index is 13.0. The van der Waals surface area contributed by atoms with Crippen molar-refractivity contribution in [2.75, 3.05) is 38.2 Å². The Bertz CT molecular complexity index is 644. The fraction of sp³-hybridized carbons (Fsp3) is 0.708. The zero-order chi connectivity index (χ0) is 20.7. The van der Waals surface area contributed by atoms with Gasteiger partial charge in [-0.15, -0.1) is 0 Å². The number of amides is 1. The third-order valence-corrected chi connectivity index (χ3v) is 6.32. The van der Waals surface area contributed by atoms with Crippen molar-refractivity contribution >= 4 is 11.6 Å². The topological polar surface area (TPSA) is 50.8 Å². The van der Waals surface area contributed by atoms with Crippen LogP contribution in [0, 0.1) is 11.8 Å². The maximum absolute atomic E-state index is 13.0. The minimum Gasteiger partial charge on any atom is -0.492 e. The molecule has 1 N–H and O–H groups in total. The monoisotopic (exact) mass is 402 g/mol. The Kier molecular flexibility index (Phi) is 7.96. The zero-order valence-corrected chi connectivity index (χ0v) is 18.4. The van der Waals surface area contributed by atoms with Crippen LogP contribution in [0.1, 0.15) is 59.3 Å². The SMILES string of the molecule is CCO[C@]1(C(=O)Nc2ccc(OCCN3CCC[C@@H](C)C3)cc2)CCC[C@@H](C)C1. The van der Waals surface area contributed by atoms with Crippen molar-refractivity contribution in [2.24, 2.45) is 11.8 Å². The van der Waals surface area contributed by atoms with Gasteiger partial charge in [0.15, 0.2) is 0 Å². The number of nitrogens with zero attached hydrogens (tertiary/aromatic N) is 1. The van der Waals surface area contributed by atoms with Gasteiger partial charge in [0.05, 0.1) is 0 Å². The van der Waals surface area contributed by atoms with E-state index in [-0.39, 0.29) is 5.91 Å². The van der Waals surface area contributed by atoms with Gasteiger partial charge in [0.25, 0.3) is 5.91 Å². The summed E-state index contributed by atoms with van der Waals surface area (Å²) in [6, 6.07) is 7.71. The summed E-state index contributed by atoms with van der Waals surface area (Å²) in [5, 5.41) is 3.07. The van der Waals surface area contributed by atoms with E-state index < -0.39 is 5.60 Å². The van der Waals surface area contributed by atoms with E-state index in [0.717, 1.165) is 43.2 Å². The normalized spacial score (nSPS) is 28.1. The first kappa shape index (κ1) is 22.1. The van der Waals surface area contributed by atoms with Crippen LogP contribution in [-0.4, -0.2) is 49.3 Å². The van der Waals surface area contributed by atoms with Crippen molar-refractivity contribution in [1.29, 1.82) is 0 Å². The number of ether oxygens (including phenoxy) is 2. The van der Waals surface area contributed by atoms with Gasteiger partial charge in [-0.3, -0.25) is 9.69 Å². The summed E-state index contributed by atoms with van der Waals surface area (Å²) in [5.41, 5.74) is 0.109. The van der Waals surface area contributed by atoms with Gasteiger partial charge in [0.1, 0.15) is 18.0 Å². The predicted octanol–water partition coefficient (Wildman–Crippen LogP) is 4.72. The highest BCUT2D eigenvalue weighted by Crippen LogP contribution is 2.36. The minimum atomic E-state index is -0.687. The van der Waals surface area contributed by atoms with E-state index >= 15 is 0 Å². The van der Waals surface area contributed by atoms with Crippen molar-refractivity contribution in [3.63, 3.8) is 0 Å². The molecule has 1 heterocycles. The lowest BCUT2D eigenvalue weighted by molar-refractivity contribution is -0.147. The minimum absolute atomic E-state index is 0.0150. The molecule has 1 aliphatic carbocycles. The van der Waals surface area contributed by atoms with Gasteiger partial charge < -0.3 is 14.8 Å². The van der Waals surface area contributed by atoms with Crippen LogP contribution < -0.4 is 10.1 Å². The molecule has 162 valence electrons. The lowest BCUT2D eigenvalue weighted by Crippen LogP contribution is -2.48. The lowest BCUT2D eigenvalue weighted by atomic mass is 9.78. The van der Waals surface area contributed by atoms with Gasteiger partial charge in [-0.1, -0.05) is 20.3 Å². The van der Waals surface area contributed by atoms with Crippen LogP contribution in [0.4, 0.5) is 5.69 Å². The van der Waals surface area contributed by atoms with Crippen LogP contribution in [0.15, 0.2) is 24.3 Å². The van der Waals surface area contributed by atoms with Crippen molar-refractivity contribution in [3.8, 4) is 5.75 Å². The molecule has 1 saturated heterocycles. The number of likely N-dealkylation sites (tertiary alicyclic amines) is 1. The molecule has 5 nitrogen and oxygen atoms in total. The molecule has 1 aliphatic heterocycles. The highest BCUT2D eigenvalue weighted by Gasteiger charge is 2.42. The molecule has 1 aromatic carbocycles. The van der Waals surface area contributed by atoms with Crippen LogP contribution in [0.25, 0.3) is 0 Å². The van der Waals surface area contributed by atoms with Crippen LogP contribution in [0.2, 0.25) is 0 Å². The first-order chi connectivity index (χ1) is 14.0. The fourth-order valence-electron chi connectivity index (χ4n) is 4.84. The van der Waals surface area contributed by atoms with Gasteiger partial charge in [0.2, 0.25) is 0 Å². The van der Waals surface area contributed by atoms with Crippen molar-refractivity contribution in [3.05, 3.63) is 24.3 Å². The van der Waals surface area contributed by atoms with E-state index in [2.05, 4.69) is 24.1 Å². The second-order valence-corrected chi connectivity index (χ2v) is 9.00. The van der Waals surface area contributed by atoms with E-state index in [1.807, 2.05) is 31.2 Å². The average molecular weight is 403 g/mol. The van der Waals surface area contributed by atoms with Crippen molar-refractivity contribution in [1.82, 2.24) is 4.90 Å². The Hall–Kier alpha value is -1.59. The molecule has 0 spiro atoms. The lowest BCUT2D eigenvalue weighted by Gasteiger charge is -2.38. The third-order valence-electron chi connectivity index (χ3n) is 6.32.